The summed E-state index contributed by atoms with van der Waals surface area (Å²) in [7, 11) is 1.51. The number of ether oxygens (including phenoxy) is 3. The van der Waals surface area contributed by atoms with Crippen LogP contribution in [0.1, 0.15) is 26.7 Å². The number of nitrogens with zero attached hydrogens (tertiary/aromatic N) is 1. The van der Waals surface area contributed by atoms with E-state index in [1.807, 2.05) is 13.0 Å². The Morgan fingerprint density at radius 1 is 1.29 bits per heavy atom. The average Bonchev–Trinajstić information content (AvgIpc) is 2.81. The first kappa shape index (κ1) is 18.4. The standard InChI is InChI=1S/C17H24NO6/c1-4-5-11-22-16-15(12-21-3)23-17(20)18(16,24-13(2)19)14-9-7-6-8-10-14/h6-10,15-16H,4-5,11-12H2,1-3H3/q+1. The smallest absolute Gasteiger partial charge is 0.401 e. The normalized spacial score (nSPS) is 26.2. The predicted molar refractivity (Wildman–Crippen MR) is 86.8 cm³/mol. The summed E-state index contributed by atoms with van der Waals surface area (Å²) in [6.45, 7) is 3.86. The van der Waals surface area contributed by atoms with Gasteiger partial charge in [-0.25, -0.2) is 4.79 Å². The van der Waals surface area contributed by atoms with Crippen molar-refractivity contribution in [2.45, 2.75) is 39.0 Å². The number of hydrogen-bond acceptors (Lipinski definition) is 6. The molecule has 0 aliphatic carbocycles. The zero-order valence-corrected chi connectivity index (χ0v) is 14.3. The molecule has 1 heterocycles. The van der Waals surface area contributed by atoms with Gasteiger partial charge in [-0.1, -0.05) is 31.5 Å². The molecule has 1 aliphatic rings. The van der Waals surface area contributed by atoms with E-state index in [-0.39, 0.29) is 6.61 Å². The van der Waals surface area contributed by atoms with E-state index in [4.69, 9.17) is 19.0 Å². The molecule has 0 saturated carbocycles. The highest BCUT2D eigenvalue weighted by Crippen LogP contribution is 2.37. The van der Waals surface area contributed by atoms with Gasteiger partial charge in [0.15, 0.2) is 5.69 Å². The molecule has 7 nitrogen and oxygen atoms in total. The van der Waals surface area contributed by atoms with Gasteiger partial charge in [0.2, 0.25) is 6.10 Å². The van der Waals surface area contributed by atoms with Gasteiger partial charge in [0.1, 0.15) is 0 Å². The Morgan fingerprint density at radius 2 is 2.00 bits per heavy atom. The summed E-state index contributed by atoms with van der Waals surface area (Å²) in [6.07, 6.45) is -0.427. The first-order chi connectivity index (χ1) is 11.6. The van der Waals surface area contributed by atoms with Gasteiger partial charge in [0.05, 0.1) is 13.2 Å². The first-order valence-corrected chi connectivity index (χ1v) is 8.02. The molecule has 132 valence electrons. The van der Waals surface area contributed by atoms with E-state index < -0.39 is 29.0 Å². The molecule has 0 N–H and O–H groups in total. The third kappa shape index (κ3) is 3.58. The quantitative estimate of drug-likeness (QED) is 0.536. The second kappa shape index (κ2) is 8.23. The van der Waals surface area contributed by atoms with Crippen molar-refractivity contribution < 1.29 is 28.6 Å². The van der Waals surface area contributed by atoms with Gasteiger partial charge in [0, 0.05) is 30.8 Å². The number of hydroxylamine groups is 2. The van der Waals surface area contributed by atoms with E-state index in [1.54, 1.807) is 24.3 Å². The minimum Gasteiger partial charge on any atom is -0.401 e. The zero-order valence-electron chi connectivity index (χ0n) is 14.3. The van der Waals surface area contributed by atoms with Crippen molar-refractivity contribution in [1.29, 1.82) is 0 Å². The van der Waals surface area contributed by atoms with Crippen LogP contribution in [0.5, 0.6) is 0 Å². The van der Waals surface area contributed by atoms with Crippen LogP contribution < -0.4 is 4.65 Å². The molecule has 1 aromatic rings. The molecule has 3 atom stereocenters. The van der Waals surface area contributed by atoms with E-state index in [0.29, 0.717) is 12.3 Å². The SMILES string of the molecule is CCCCOC1C(COC)OC(=O)[N+]1(OC(C)=O)c1ccccc1. The zero-order chi connectivity index (χ0) is 17.6. The van der Waals surface area contributed by atoms with Crippen LogP contribution in [0.4, 0.5) is 10.5 Å². The number of cyclic esters (lactones) is 1. The second-order valence-corrected chi connectivity index (χ2v) is 5.57. The molecule has 1 aliphatic heterocycles. The highest BCUT2D eigenvalue weighted by atomic mass is 16.8. The number of para-hydroxylation sites is 1. The lowest BCUT2D eigenvalue weighted by Gasteiger charge is -2.30. The highest BCUT2D eigenvalue weighted by molar-refractivity contribution is 5.85. The number of rotatable bonds is 8. The lowest BCUT2D eigenvalue weighted by molar-refractivity contribution is -0.206. The maximum atomic E-state index is 12.7. The van der Waals surface area contributed by atoms with Gasteiger partial charge in [-0.05, 0) is 6.42 Å². The van der Waals surface area contributed by atoms with Gasteiger partial charge >= 0.3 is 12.1 Å². The van der Waals surface area contributed by atoms with Crippen LogP contribution in [0.15, 0.2) is 30.3 Å². The Labute approximate surface area is 141 Å². The number of hydrogen-bond donors (Lipinski definition) is 0. The van der Waals surface area contributed by atoms with Gasteiger partial charge < -0.3 is 14.2 Å². The van der Waals surface area contributed by atoms with Crippen LogP contribution >= 0.6 is 0 Å². The Bertz CT molecular complexity index is 563. The van der Waals surface area contributed by atoms with Crippen LogP contribution in [0.25, 0.3) is 0 Å². The Balaban J connectivity index is 2.45. The van der Waals surface area contributed by atoms with E-state index in [0.717, 1.165) is 12.8 Å². The maximum Gasteiger partial charge on any atom is 0.568 e. The van der Waals surface area contributed by atoms with E-state index in [2.05, 4.69) is 0 Å². The number of methoxy groups -OCH3 is 1. The minimum absolute atomic E-state index is 0.149. The van der Waals surface area contributed by atoms with Gasteiger partial charge in [0.25, 0.3) is 6.23 Å². The predicted octanol–water partition coefficient (Wildman–Crippen LogP) is 2.78. The first-order valence-electron chi connectivity index (χ1n) is 8.02. The van der Waals surface area contributed by atoms with Crippen molar-refractivity contribution in [2.75, 3.05) is 20.3 Å². The summed E-state index contributed by atoms with van der Waals surface area (Å²) in [5, 5.41) is 0. The van der Waals surface area contributed by atoms with E-state index >= 15 is 0 Å². The largest absolute Gasteiger partial charge is 0.568 e. The minimum atomic E-state index is -0.824. The molecular formula is C17H24NO6+. The van der Waals surface area contributed by atoms with Gasteiger partial charge in [-0.3, -0.25) is 4.84 Å². The summed E-state index contributed by atoms with van der Waals surface area (Å²) in [5.74, 6) is -0.599. The van der Waals surface area contributed by atoms with Crippen LogP contribution in [0.3, 0.4) is 0 Å². The number of amides is 1. The fourth-order valence-corrected chi connectivity index (χ4v) is 2.69. The molecule has 1 amide bonds. The van der Waals surface area contributed by atoms with Crippen LogP contribution in [0, 0.1) is 0 Å². The van der Waals surface area contributed by atoms with Crippen LogP contribution in [0.2, 0.25) is 0 Å². The molecule has 1 saturated heterocycles. The fraction of sp³-hybridized carbons (Fsp3) is 0.529. The summed E-state index contributed by atoms with van der Waals surface area (Å²) < 4.78 is 15.7. The van der Waals surface area contributed by atoms with Crippen LogP contribution in [-0.2, 0) is 23.8 Å². The van der Waals surface area contributed by atoms with Gasteiger partial charge in [-0.15, -0.1) is 0 Å². The molecule has 3 unspecified atom stereocenters. The Morgan fingerprint density at radius 3 is 2.58 bits per heavy atom. The number of unbranched alkanes of at least 4 members (excludes halogenated alkanes) is 1. The third-order valence-electron chi connectivity index (χ3n) is 3.73. The number of carbonyl (C=O) groups is 2. The number of carbonyl (C=O) groups excluding carboxylic acids is 2. The molecule has 1 aromatic carbocycles. The maximum absolute atomic E-state index is 12.7. The second-order valence-electron chi connectivity index (χ2n) is 5.57. The van der Waals surface area contributed by atoms with E-state index in [1.165, 1.54) is 14.0 Å². The van der Waals surface area contributed by atoms with Crippen molar-refractivity contribution in [3.8, 4) is 0 Å². The third-order valence-corrected chi connectivity index (χ3v) is 3.73. The molecule has 0 aromatic heterocycles. The lowest BCUT2D eigenvalue weighted by Crippen LogP contribution is -2.59. The molecule has 24 heavy (non-hydrogen) atoms. The van der Waals surface area contributed by atoms with E-state index in [9.17, 15) is 9.59 Å². The molecule has 2 rings (SSSR count). The highest BCUT2D eigenvalue weighted by Gasteiger charge is 2.65. The monoisotopic (exact) mass is 338 g/mol. The molecule has 0 spiro atoms. The topological polar surface area (TPSA) is 71.1 Å². The number of quaternary nitrogens is 1. The molecular weight excluding hydrogens is 314 g/mol. The molecule has 0 bridgehead atoms. The number of benzene rings is 1. The molecule has 7 heteroatoms. The summed E-state index contributed by atoms with van der Waals surface area (Å²) in [6, 6.07) is 8.75. The lowest BCUT2D eigenvalue weighted by atomic mass is 10.2. The van der Waals surface area contributed by atoms with Crippen molar-refractivity contribution in [3.63, 3.8) is 0 Å². The van der Waals surface area contributed by atoms with Crippen molar-refractivity contribution in [3.05, 3.63) is 30.3 Å². The van der Waals surface area contributed by atoms with Crippen molar-refractivity contribution in [1.82, 2.24) is 4.65 Å². The Kier molecular flexibility index (Phi) is 6.30. The van der Waals surface area contributed by atoms with Crippen molar-refractivity contribution >= 4 is 17.7 Å². The summed E-state index contributed by atoms with van der Waals surface area (Å²) in [4.78, 5) is 29.9. The molecule has 1 fully saturated rings. The average molecular weight is 338 g/mol. The molecule has 0 radical (unpaired) electrons. The summed E-state index contributed by atoms with van der Waals surface area (Å²) >= 11 is 0. The summed E-state index contributed by atoms with van der Waals surface area (Å²) in [5.41, 5.74) is 0.470. The fourth-order valence-electron chi connectivity index (χ4n) is 2.69. The Hall–Kier alpha value is -1.96. The van der Waals surface area contributed by atoms with Crippen molar-refractivity contribution in [2.24, 2.45) is 0 Å². The van der Waals surface area contributed by atoms with Crippen LogP contribution in [-0.4, -0.2) is 44.7 Å². The van der Waals surface area contributed by atoms with Gasteiger partial charge in [-0.2, -0.15) is 4.79 Å².